The van der Waals surface area contributed by atoms with Gasteiger partial charge in [0, 0.05) is 26.1 Å². The van der Waals surface area contributed by atoms with Gasteiger partial charge in [0.25, 0.3) is 0 Å². The van der Waals surface area contributed by atoms with Crippen molar-refractivity contribution in [3.8, 4) is 0 Å². The van der Waals surface area contributed by atoms with Crippen molar-refractivity contribution in [2.24, 2.45) is 0 Å². The lowest BCUT2D eigenvalue weighted by Gasteiger charge is -2.28. The molecule has 3 rings (SSSR count). The number of pyridine rings is 1. The van der Waals surface area contributed by atoms with E-state index in [4.69, 9.17) is 0 Å². The van der Waals surface area contributed by atoms with E-state index in [1.807, 2.05) is 23.2 Å². The summed E-state index contributed by atoms with van der Waals surface area (Å²) in [5, 5.41) is 0. The zero-order valence-corrected chi connectivity index (χ0v) is 10.6. The first-order valence-corrected chi connectivity index (χ1v) is 6.86. The number of rotatable bonds is 2. The van der Waals surface area contributed by atoms with E-state index in [2.05, 4.69) is 9.88 Å². The van der Waals surface area contributed by atoms with Crippen LogP contribution in [0.25, 0.3) is 0 Å². The van der Waals surface area contributed by atoms with E-state index in [0.29, 0.717) is 6.42 Å². The summed E-state index contributed by atoms with van der Waals surface area (Å²) in [7, 11) is 0. The monoisotopic (exact) mass is 245 g/mol. The maximum Gasteiger partial charge on any atom is 0.227 e. The largest absolute Gasteiger partial charge is 0.357 e. The van der Waals surface area contributed by atoms with Crippen LogP contribution in [0.15, 0.2) is 18.3 Å². The van der Waals surface area contributed by atoms with Crippen molar-refractivity contribution < 1.29 is 4.79 Å². The highest BCUT2D eigenvalue weighted by atomic mass is 16.2. The molecule has 0 aromatic carbocycles. The molecule has 4 nitrogen and oxygen atoms in total. The first kappa shape index (κ1) is 11.5. The molecule has 96 valence electrons. The molecule has 2 aliphatic heterocycles. The minimum atomic E-state index is 0.225. The van der Waals surface area contributed by atoms with Crippen LogP contribution in [-0.2, 0) is 4.79 Å². The van der Waals surface area contributed by atoms with Crippen molar-refractivity contribution in [3.63, 3.8) is 0 Å². The first-order chi connectivity index (χ1) is 8.84. The third-order valence-corrected chi connectivity index (χ3v) is 3.80. The van der Waals surface area contributed by atoms with E-state index in [-0.39, 0.29) is 5.91 Å². The third-order valence-electron chi connectivity index (χ3n) is 3.80. The van der Waals surface area contributed by atoms with Gasteiger partial charge in [0.15, 0.2) is 0 Å². The van der Waals surface area contributed by atoms with Crippen LogP contribution in [0.2, 0.25) is 0 Å². The fourth-order valence-corrected chi connectivity index (χ4v) is 2.77. The summed E-state index contributed by atoms with van der Waals surface area (Å²) < 4.78 is 0. The Morgan fingerprint density at radius 3 is 2.44 bits per heavy atom. The fourth-order valence-electron chi connectivity index (χ4n) is 2.77. The van der Waals surface area contributed by atoms with E-state index >= 15 is 0 Å². The Morgan fingerprint density at radius 2 is 1.83 bits per heavy atom. The van der Waals surface area contributed by atoms with Gasteiger partial charge in [-0.2, -0.15) is 0 Å². The van der Waals surface area contributed by atoms with Crippen LogP contribution in [-0.4, -0.2) is 30.5 Å². The predicted molar refractivity (Wildman–Crippen MR) is 71.9 cm³/mol. The molecule has 1 aromatic heterocycles. The second-order valence-corrected chi connectivity index (χ2v) is 5.07. The Balaban J connectivity index is 1.74. The third kappa shape index (κ3) is 2.19. The molecule has 0 unspecified atom stereocenters. The summed E-state index contributed by atoms with van der Waals surface area (Å²) in [6.07, 6.45) is 7.33. The Morgan fingerprint density at radius 1 is 1.00 bits per heavy atom. The Hall–Kier alpha value is -1.58. The van der Waals surface area contributed by atoms with Crippen molar-refractivity contribution in [1.29, 1.82) is 0 Å². The minimum Gasteiger partial charge on any atom is -0.357 e. The molecule has 2 fully saturated rings. The zero-order chi connectivity index (χ0) is 12.4. The molecule has 0 atom stereocenters. The number of hydrogen-bond donors (Lipinski definition) is 0. The molecule has 18 heavy (non-hydrogen) atoms. The molecular weight excluding hydrogens is 226 g/mol. The number of carbonyl (C=O) groups is 1. The van der Waals surface area contributed by atoms with Crippen molar-refractivity contribution >= 4 is 17.4 Å². The summed E-state index contributed by atoms with van der Waals surface area (Å²) >= 11 is 0. The van der Waals surface area contributed by atoms with Gasteiger partial charge in [0.1, 0.15) is 5.82 Å². The van der Waals surface area contributed by atoms with Gasteiger partial charge in [-0.15, -0.1) is 0 Å². The van der Waals surface area contributed by atoms with Crippen molar-refractivity contribution in [3.05, 3.63) is 18.3 Å². The number of nitrogens with zero attached hydrogens (tertiary/aromatic N) is 3. The highest BCUT2D eigenvalue weighted by molar-refractivity contribution is 5.95. The predicted octanol–water partition coefficient (Wildman–Crippen LogP) is 2.20. The number of carbonyl (C=O) groups excluding carboxylic acids is 1. The number of hydrogen-bond acceptors (Lipinski definition) is 3. The zero-order valence-electron chi connectivity index (χ0n) is 10.6. The SMILES string of the molecule is O=C1CCCN1c1ccc(N2CCCCC2)nc1. The summed E-state index contributed by atoms with van der Waals surface area (Å²) in [6, 6.07) is 4.08. The molecule has 1 aromatic rings. The highest BCUT2D eigenvalue weighted by Crippen LogP contribution is 2.23. The number of aromatic nitrogens is 1. The molecule has 0 N–H and O–H groups in total. The lowest BCUT2D eigenvalue weighted by molar-refractivity contribution is -0.117. The van der Waals surface area contributed by atoms with Gasteiger partial charge in [0.05, 0.1) is 11.9 Å². The highest BCUT2D eigenvalue weighted by Gasteiger charge is 2.22. The average Bonchev–Trinajstić information content (AvgIpc) is 2.86. The van der Waals surface area contributed by atoms with Crippen LogP contribution in [0.5, 0.6) is 0 Å². The standard InChI is InChI=1S/C14H19N3O/c18-14-5-4-10-17(14)12-6-7-13(15-11-12)16-8-2-1-3-9-16/h6-7,11H,1-5,8-10H2. The Bertz CT molecular complexity index is 423. The molecule has 4 heteroatoms. The normalized spacial score (nSPS) is 20.6. The maximum atomic E-state index is 11.6. The molecule has 2 saturated heterocycles. The Kier molecular flexibility index (Phi) is 3.17. The molecule has 0 radical (unpaired) electrons. The smallest absolute Gasteiger partial charge is 0.227 e. The summed E-state index contributed by atoms with van der Waals surface area (Å²) in [5.74, 6) is 1.27. The molecule has 0 saturated carbocycles. The molecule has 1 amide bonds. The van der Waals surface area contributed by atoms with Crippen LogP contribution in [0.1, 0.15) is 32.1 Å². The van der Waals surface area contributed by atoms with E-state index in [1.165, 1.54) is 19.3 Å². The van der Waals surface area contributed by atoms with Crippen LogP contribution in [0.4, 0.5) is 11.5 Å². The van der Waals surface area contributed by atoms with Gasteiger partial charge < -0.3 is 9.80 Å². The van der Waals surface area contributed by atoms with Crippen LogP contribution < -0.4 is 9.80 Å². The van der Waals surface area contributed by atoms with Gasteiger partial charge in [0.2, 0.25) is 5.91 Å². The lowest BCUT2D eigenvalue weighted by Crippen LogP contribution is -2.30. The van der Waals surface area contributed by atoms with Gasteiger partial charge in [-0.05, 0) is 37.8 Å². The van der Waals surface area contributed by atoms with Crippen molar-refractivity contribution in [1.82, 2.24) is 4.98 Å². The van der Waals surface area contributed by atoms with Gasteiger partial charge in [-0.25, -0.2) is 4.98 Å². The van der Waals surface area contributed by atoms with Gasteiger partial charge in [-0.3, -0.25) is 4.79 Å². The molecule has 3 heterocycles. The molecular formula is C14H19N3O. The van der Waals surface area contributed by atoms with E-state index in [1.54, 1.807) is 0 Å². The average molecular weight is 245 g/mol. The topological polar surface area (TPSA) is 36.4 Å². The first-order valence-electron chi connectivity index (χ1n) is 6.86. The molecule has 0 aliphatic carbocycles. The number of amides is 1. The van der Waals surface area contributed by atoms with E-state index in [9.17, 15) is 4.79 Å². The second-order valence-electron chi connectivity index (χ2n) is 5.07. The second kappa shape index (κ2) is 4.96. The van der Waals surface area contributed by atoms with E-state index in [0.717, 1.165) is 37.6 Å². The maximum absolute atomic E-state index is 11.6. The summed E-state index contributed by atoms with van der Waals surface area (Å²) in [6.45, 7) is 3.05. The van der Waals surface area contributed by atoms with Crippen molar-refractivity contribution in [2.75, 3.05) is 29.4 Å². The quantitative estimate of drug-likeness (QED) is 0.801. The van der Waals surface area contributed by atoms with E-state index < -0.39 is 0 Å². The molecule has 2 aliphatic rings. The fraction of sp³-hybridized carbons (Fsp3) is 0.571. The van der Waals surface area contributed by atoms with Crippen molar-refractivity contribution in [2.45, 2.75) is 32.1 Å². The lowest BCUT2D eigenvalue weighted by atomic mass is 10.1. The summed E-state index contributed by atoms with van der Waals surface area (Å²) in [5.41, 5.74) is 0.943. The number of piperidine rings is 1. The Labute approximate surface area is 108 Å². The summed E-state index contributed by atoms with van der Waals surface area (Å²) in [4.78, 5) is 20.3. The van der Waals surface area contributed by atoms with Crippen LogP contribution >= 0.6 is 0 Å². The van der Waals surface area contributed by atoms with Gasteiger partial charge >= 0.3 is 0 Å². The number of anilines is 2. The van der Waals surface area contributed by atoms with Crippen LogP contribution in [0.3, 0.4) is 0 Å². The van der Waals surface area contributed by atoms with Crippen LogP contribution in [0, 0.1) is 0 Å². The molecule has 0 spiro atoms. The minimum absolute atomic E-state index is 0.225. The van der Waals surface area contributed by atoms with Gasteiger partial charge in [-0.1, -0.05) is 0 Å². The molecule has 0 bridgehead atoms.